The molecule has 1 nitrogen and oxygen atoms in total. The van der Waals surface area contributed by atoms with Crippen molar-refractivity contribution in [3.63, 3.8) is 0 Å². The van der Waals surface area contributed by atoms with E-state index in [0.717, 1.165) is 13.1 Å². The predicted octanol–water partition coefficient (Wildman–Crippen LogP) is 3.79. The Hall–Kier alpha value is 0.140. The second-order valence-corrected chi connectivity index (χ2v) is 5.64. The largest absolute Gasteiger partial charge is 0.312 e. The van der Waals surface area contributed by atoms with E-state index >= 15 is 0 Å². The Bertz CT molecular complexity index is 235. The fraction of sp³-hybridized carbons (Fsp3) is 0.600. The van der Waals surface area contributed by atoms with Gasteiger partial charge in [-0.25, -0.2) is 0 Å². The van der Waals surface area contributed by atoms with Crippen LogP contribution < -0.4 is 5.32 Å². The van der Waals surface area contributed by atoms with Crippen molar-refractivity contribution < 1.29 is 0 Å². The molecule has 0 saturated carbocycles. The van der Waals surface area contributed by atoms with Crippen LogP contribution in [-0.2, 0) is 6.54 Å². The minimum Gasteiger partial charge on any atom is -0.312 e. The van der Waals surface area contributed by atoms with Gasteiger partial charge < -0.3 is 5.32 Å². The van der Waals surface area contributed by atoms with Gasteiger partial charge in [-0.05, 0) is 41.0 Å². The molecule has 1 rings (SSSR count). The Morgan fingerprint density at radius 1 is 1.38 bits per heavy atom. The van der Waals surface area contributed by atoms with Crippen LogP contribution in [0.4, 0.5) is 0 Å². The summed E-state index contributed by atoms with van der Waals surface area (Å²) >= 11 is 5.26. The van der Waals surface area contributed by atoms with Crippen LogP contribution in [0.5, 0.6) is 0 Å². The molecule has 0 unspecified atom stereocenters. The summed E-state index contributed by atoms with van der Waals surface area (Å²) in [4.78, 5) is 1.41. The molecule has 1 heterocycles. The standard InChI is InChI=1S/C10H16BrNS/c1-2-3-4-7-12-8-9-5-6-10(11)13-9/h5-6,12H,2-4,7-8H2,1H3. The summed E-state index contributed by atoms with van der Waals surface area (Å²) < 4.78 is 1.22. The maximum atomic E-state index is 3.46. The third kappa shape index (κ3) is 4.79. The molecule has 0 radical (unpaired) electrons. The summed E-state index contributed by atoms with van der Waals surface area (Å²) in [6, 6.07) is 4.27. The second kappa shape index (κ2) is 6.57. The SMILES string of the molecule is CCCCCNCc1ccc(Br)s1. The van der Waals surface area contributed by atoms with Crippen molar-refractivity contribution in [3.05, 3.63) is 20.8 Å². The van der Waals surface area contributed by atoms with E-state index in [1.54, 1.807) is 11.3 Å². The molecule has 1 aromatic heterocycles. The number of thiophene rings is 1. The molecule has 0 saturated heterocycles. The lowest BCUT2D eigenvalue weighted by Crippen LogP contribution is -2.13. The van der Waals surface area contributed by atoms with Crippen LogP contribution in [0.25, 0.3) is 0 Å². The number of unbranched alkanes of at least 4 members (excludes halogenated alkanes) is 2. The smallest absolute Gasteiger partial charge is 0.0701 e. The molecule has 0 bridgehead atoms. The lowest BCUT2D eigenvalue weighted by Gasteiger charge is -2.01. The van der Waals surface area contributed by atoms with Crippen LogP contribution in [-0.4, -0.2) is 6.54 Å². The van der Waals surface area contributed by atoms with Gasteiger partial charge in [0, 0.05) is 11.4 Å². The van der Waals surface area contributed by atoms with Crippen molar-refractivity contribution in [2.24, 2.45) is 0 Å². The van der Waals surface area contributed by atoms with E-state index in [1.807, 2.05) is 0 Å². The van der Waals surface area contributed by atoms with Crippen LogP contribution in [0.3, 0.4) is 0 Å². The fourth-order valence-electron chi connectivity index (χ4n) is 1.16. The summed E-state index contributed by atoms with van der Waals surface area (Å²) in [5.74, 6) is 0. The van der Waals surface area contributed by atoms with Gasteiger partial charge in [0.1, 0.15) is 0 Å². The van der Waals surface area contributed by atoms with Crippen LogP contribution in [0, 0.1) is 0 Å². The highest BCUT2D eigenvalue weighted by Crippen LogP contribution is 2.21. The van der Waals surface area contributed by atoms with Crippen molar-refractivity contribution >= 4 is 27.3 Å². The van der Waals surface area contributed by atoms with Gasteiger partial charge >= 0.3 is 0 Å². The number of halogens is 1. The van der Waals surface area contributed by atoms with Gasteiger partial charge in [-0.2, -0.15) is 0 Å². The molecule has 1 aromatic rings. The normalized spacial score (nSPS) is 10.6. The molecule has 0 atom stereocenters. The summed E-state index contributed by atoms with van der Waals surface area (Å²) in [5.41, 5.74) is 0. The van der Waals surface area contributed by atoms with E-state index in [0.29, 0.717) is 0 Å². The lowest BCUT2D eigenvalue weighted by molar-refractivity contribution is 0.620. The Balaban J connectivity index is 2.06. The monoisotopic (exact) mass is 261 g/mol. The van der Waals surface area contributed by atoms with E-state index in [4.69, 9.17) is 0 Å². The summed E-state index contributed by atoms with van der Waals surface area (Å²) in [6.45, 7) is 4.39. The van der Waals surface area contributed by atoms with Crippen molar-refractivity contribution in [2.75, 3.05) is 6.54 Å². The minimum atomic E-state index is 1.01. The topological polar surface area (TPSA) is 12.0 Å². The highest BCUT2D eigenvalue weighted by molar-refractivity contribution is 9.11. The molecule has 1 N–H and O–H groups in total. The van der Waals surface area contributed by atoms with Crippen LogP contribution in [0.15, 0.2) is 15.9 Å². The molecule has 0 aliphatic heterocycles. The third-order valence-electron chi connectivity index (χ3n) is 1.89. The summed E-state index contributed by atoms with van der Waals surface area (Å²) in [5, 5.41) is 3.44. The van der Waals surface area contributed by atoms with Gasteiger partial charge in [0.25, 0.3) is 0 Å². The van der Waals surface area contributed by atoms with Crippen molar-refractivity contribution in [1.29, 1.82) is 0 Å². The summed E-state index contributed by atoms with van der Waals surface area (Å²) in [7, 11) is 0. The van der Waals surface area contributed by atoms with Gasteiger partial charge in [-0.15, -0.1) is 11.3 Å². The predicted molar refractivity (Wildman–Crippen MR) is 63.3 cm³/mol. The molecule has 0 aromatic carbocycles. The van der Waals surface area contributed by atoms with Gasteiger partial charge in [-0.1, -0.05) is 19.8 Å². The first-order valence-electron chi connectivity index (χ1n) is 4.78. The first kappa shape index (κ1) is 11.2. The molecule has 0 amide bonds. The first-order valence-corrected chi connectivity index (χ1v) is 6.39. The maximum Gasteiger partial charge on any atom is 0.0701 e. The fourth-order valence-corrected chi connectivity index (χ4v) is 2.61. The number of hydrogen-bond acceptors (Lipinski definition) is 2. The quantitative estimate of drug-likeness (QED) is 0.769. The number of rotatable bonds is 6. The zero-order valence-corrected chi connectivity index (χ0v) is 10.4. The Kier molecular flexibility index (Phi) is 5.67. The first-order chi connectivity index (χ1) is 6.33. The molecule has 3 heteroatoms. The van der Waals surface area contributed by atoms with Gasteiger partial charge in [0.05, 0.1) is 3.79 Å². The van der Waals surface area contributed by atoms with Crippen molar-refractivity contribution in [1.82, 2.24) is 5.32 Å². The van der Waals surface area contributed by atoms with E-state index < -0.39 is 0 Å². The molecular formula is C10H16BrNS. The molecule has 0 aliphatic carbocycles. The zero-order chi connectivity index (χ0) is 9.52. The highest BCUT2D eigenvalue weighted by Gasteiger charge is 1.95. The second-order valence-electron chi connectivity index (χ2n) is 3.09. The Labute approximate surface area is 92.7 Å². The zero-order valence-electron chi connectivity index (χ0n) is 7.98. The van der Waals surface area contributed by atoms with E-state index in [9.17, 15) is 0 Å². The maximum absolute atomic E-state index is 3.46. The average Bonchev–Trinajstić information content (AvgIpc) is 2.51. The Morgan fingerprint density at radius 3 is 2.85 bits per heavy atom. The highest BCUT2D eigenvalue weighted by atomic mass is 79.9. The Morgan fingerprint density at radius 2 is 2.23 bits per heavy atom. The lowest BCUT2D eigenvalue weighted by atomic mass is 10.2. The van der Waals surface area contributed by atoms with E-state index in [2.05, 4.69) is 40.3 Å². The van der Waals surface area contributed by atoms with Gasteiger partial charge in [0.2, 0.25) is 0 Å². The van der Waals surface area contributed by atoms with E-state index in [1.165, 1.54) is 27.9 Å². The van der Waals surface area contributed by atoms with Crippen molar-refractivity contribution in [2.45, 2.75) is 32.7 Å². The number of nitrogens with one attached hydrogen (secondary N) is 1. The van der Waals surface area contributed by atoms with Gasteiger partial charge in [-0.3, -0.25) is 0 Å². The van der Waals surface area contributed by atoms with Gasteiger partial charge in [0.15, 0.2) is 0 Å². The number of hydrogen-bond donors (Lipinski definition) is 1. The van der Waals surface area contributed by atoms with Crippen LogP contribution in [0.1, 0.15) is 31.1 Å². The average molecular weight is 262 g/mol. The minimum absolute atomic E-state index is 1.01. The van der Waals surface area contributed by atoms with E-state index in [-0.39, 0.29) is 0 Å². The van der Waals surface area contributed by atoms with Crippen molar-refractivity contribution in [3.8, 4) is 0 Å². The molecule has 74 valence electrons. The third-order valence-corrected chi connectivity index (χ3v) is 3.51. The van der Waals surface area contributed by atoms with Crippen LogP contribution in [0.2, 0.25) is 0 Å². The molecule has 0 spiro atoms. The van der Waals surface area contributed by atoms with Crippen LogP contribution >= 0.6 is 27.3 Å². The molecular weight excluding hydrogens is 246 g/mol. The summed E-state index contributed by atoms with van der Waals surface area (Å²) in [6.07, 6.45) is 3.93. The molecule has 13 heavy (non-hydrogen) atoms. The molecule has 0 aliphatic rings. The molecule has 0 fully saturated rings.